The maximum absolute atomic E-state index is 9.73. The lowest BCUT2D eigenvalue weighted by atomic mass is 9.96. The van der Waals surface area contributed by atoms with Gasteiger partial charge in [0.05, 0.1) is 5.60 Å². The van der Waals surface area contributed by atoms with Crippen LogP contribution in [-0.4, -0.2) is 48.8 Å². The van der Waals surface area contributed by atoms with E-state index >= 15 is 0 Å². The zero-order valence-corrected chi connectivity index (χ0v) is 9.71. The van der Waals surface area contributed by atoms with Gasteiger partial charge in [0, 0.05) is 13.1 Å². The topological polar surface area (TPSA) is 35.5 Å². The normalized spacial score (nSPS) is 25.3. The molecule has 14 heavy (non-hydrogen) atoms. The number of nitrogens with zero attached hydrogens (tertiary/aromatic N) is 1. The van der Waals surface area contributed by atoms with Gasteiger partial charge in [-0.2, -0.15) is 0 Å². The van der Waals surface area contributed by atoms with Crippen LogP contribution in [0.2, 0.25) is 0 Å². The van der Waals surface area contributed by atoms with E-state index in [4.69, 9.17) is 0 Å². The highest BCUT2D eigenvalue weighted by Crippen LogP contribution is 2.17. The Hall–Kier alpha value is -0.120. The van der Waals surface area contributed by atoms with Crippen molar-refractivity contribution in [2.24, 2.45) is 5.92 Å². The summed E-state index contributed by atoms with van der Waals surface area (Å²) in [7, 11) is 2.01. The molecule has 1 saturated heterocycles. The molecule has 0 aliphatic carbocycles. The molecule has 1 aliphatic heterocycles. The second-order valence-corrected chi connectivity index (χ2v) is 5.11. The maximum Gasteiger partial charge on any atom is 0.0718 e. The van der Waals surface area contributed by atoms with Crippen molar-refractivity contribution in [1.82, 2.24) is 10.2 Å². The van der Waals surface area contributed by atoms with Crippen LogP contribution in [0.4, 0.5) is 0 Å². The third kappa shape index (κ3) is 4.40. The third-order valence-corrected chi connectivity index (χ3v) is 2.71. The van der Waals surface area contributed by atoms with Crippen molar-refractivity contribution < 1.29 is 5.11 Å². The van der Waals surface area contributed by atoms with E-state index in [0.717, 1.165) is 32.1 Å². The summed E-state index contributed by atoms with van der Waals surface area (Å²) < 4.78 is 0. The molecule has 0 bridgehead atoms. The second kappa shape index (κ2) is 5.10. The Bertz CT molecular complexity index is 163. The van der Waals surface area contributed by atoms with E-state index in [1.807, 2.05) is 20.9 Å². The van der Waals surface area contributed by atoms with E-state index in [2.05, 4.69) is 10.2 Å². The Morgan fingerprint density at radius 3 is 2.79 bits per heavy atom. The number of piperidine rings is 1. The summed E-state index contributed by atoms with van der Waals surface area (Å²) in [4.78, 5) is 2.38. The molecular weight excluding hydrogens is 176 g/mol. The standard InChI is InChI=1S/C11H24N2O/c1-11(2,14)9-13-6-4-5-10(8-13)7-12-3/h10,12,14H,4-9H2,1-3H3. The van der Waals surface area contributed by atoms with Crippen LogP contribution in [0.1, 0.15) is 26.7 Å². The van der Waals surface area contributed by atoms with Crippen molar-refractivity contribution in [3.05, 3.63) is 0 Å². The summed E-state index contributed by atoms with van der Waals surface area (Å²) in [5.74, 6) is 0.760. The minimum Gasteiger partial charge on any atom is -0.389 e. The number of likely N-dealkylation sites (tertiary alicyclic amines) is 1. The molecule has 1 fully saturated rings. The second-order valence-electron chi connectivity index (χ2n) is 5.11. The molecule has 0 saturated carbocycles. The Morgan fingerprint density at radius 1 is 1.50 bits per heavy atom. The number of rotatable bonds is 4. The van der Waals surface area contributed by atoms with Gasteiger partial charge < -0.3 is 15.3 Å². The van der Waals surface area contributed by atoms with Crippen LogP contribution in [0.15, 0.2) is 0 Å². The van der Waals surface area contributed by atoms with Gasteiger partial charge in [0.1, 0.15) is 0 Å². The lowest BCUT2D eigenvalue weighted by molar-refractivity contribution is 0.0218. The van der Waals surface area contributed by atoms with Gasteiger partial charge in [-0.3, -0.25) is 0 Å². The molecule has 1 unspecified atom stereocenters. The largest absolute Gasteiger partial charge is 0.389 e. The fourth-order valence-electron chi connectivity index (χ4n) is 2.30. The van der Waals surface area contributed by atoms with Crippen molar-refractivity contribution >= 4 is 0 Å². The number of nitrogens with one attached hydrogen (secondary N) is 1. The number of aliphatic hydroxyl groups is 1. The first-order valence-electron chi connectivity index (χ1n) is 5.60. The van der Waals surface area contributed by atoms with Crippen LogP contribution in [0.3, 0.4) is 0 Å². The van der Waals surface area contributed by atoms with Crippen molar-refractivity contribution in [3.63, 3.8) is 0 Å². The van der Waals surface area contributed by atoms with Gasteiger partial charge >= 0.3 is 0 Å². The van der Waals surface area contributed by atoms with Crippen LogP contribution in [-0.2, 0) is 0 Å². The van der Waals surface area contributed by atoms with Crippen LogP contribution in [0.5, 0.6) is 0 Å². The molecular formula is C11H24N2O. The molecule has 84 valence electrons. The van der Waals surface area contributed by atoms with Crippen LogP contribution < -0.4 is 5.32 Å². The predicted octanol–water partition coefficient (Wildman–Crippen LogP) is 0.689. The van der Waals surface area contributed by atoms with E-state index in [-0.39, 0.29) is 0 Å². The zero-order chi connectivity index (χ0) is 10.6. The van der Waals surface area contributed by atoms with Gasteiger partial charge in [0.15, 0.2) is 0 Å². The molecule has 0 spiro atoms. The highest BCUT2D eigenvalue weighted by molar-refractivity contribution is 4.79. The van der Waals surface area contributed by atoms with Crippen molar-refractivity contribution in [2.45, 2.75) is 32.3 Å². The summed E-state index contributed by atoms with van der Waals surface area (Å²) in [5.41, 5.74) is -0.554. The number of hydrogen-bond acceptors (Lipinski definition) is 3. The summed E-state index contributed by atoms with van der Waals surface area (Å²) in [6.45, 7) is 7.94. The van der Waals surface area contributed by atoms with Gasteiger partial charge in [0.2, 0.25) is 0 Å². The molecule has 1 atom stereocenters. The van der Waals surface area contributed by atoms with Gasteiger partial charge in [-0.05, 0) is 52.7 Å². The number of hydrogen-bond donors (Lipinski definition) is 2. The molecule has 0 aromatic rings. The van der Waals surface area contributed by atoms with Crippen LogP contribution in [0, 0.1) is 5.92 Å². The van der Waals surface area contributed by atoms with E-state index in [1.54, 1.807) is 0 Å². The molecule has 0 radical (unpaired) electrons. The Balaban J connectivity index is 2.32. The highest BCUT2D eigenvalue weighted by atomic mass is 16.3. The molecule has 3 heteroatoms. The minimum atomic E-state index is -0.554. The molecule has 0 aromatic heterocycles. The number of β-amino-alcohol motifs (C(OH)–C–C–N with tert-alkyl or cyclic N) is 1. The van der Waals surface area contributed by atoms with Crippen molar-refractivity contribution in [2.75, 3.05) is 33.2 Å². The smallest absolute Gasteiger partial charge is 0.0718 e. The molecule has 1 rings (SSSR count). The van der Waals surface area contributed by atoms with E-state index < -0.39 is 5.60 Å². The molecule has 2 N–H and O–H groups in total. The fourth-order valence-corrected chi connectivity index (χ4v) is 2.30. The van der Waals surface area contributed by atoms with E-state index in [9.17, 15) is 5.11 Å². The quantitative estimate of drug-likeness (QED) is 0.701. The first-order valence-corrected chi connectivity index (χ1v) is 5.60. The van der Waals surface area contributed by atoms with E-state index in [0.29, 0.717) is 0 Å². The maximum atomic E-state index is 9.73. The average Bonchev–Trinajstić information content (AvgIpc) is 2.02. The van der Waals surface area contributed by atoms with Gasteiger partial charge in [-0.1, -0.05) is 0 Å². The first-order chi connectivity index (χ1) is 6.51. The molecule has 1 heterocycles. The molecule has 0 aromatic carbocycles. The summed E-state index contributed by atoms with van der Waals surface area (Å²) in [6.07, 6.45) is 2.59. The summed E-state index contributed by atoms with van der Waals surface area (Å²) >= 11 is 0. The molecule has 1 aliphatic rings. The SMILES string of the molecule is CNCC1CCCN(CC(C)(C)O)C1. The van der Waals surface area contributed by atoms with Crippen molar-refractivity contribution in [3.8, 4) is 0 Å². The Labute approximate surface area is 87.5 Å². The summed E-state index contributed by atoms with van der Waals surface area (Å²) in [6, 6.07) is 0. The minimum absolute atomic E-state index is 0.554. The Kier molecular flexibility index (Phi) is 4.35. The lowest BCUT2D eigenvalue weighted by Crippen LogP contribution is -2.45. The highest BCUT2D eigenvalue weighted by Gasteiger charge is 2.23. The lowest BCUT2D eigenvalue weighted by Gasteiger charge is -2.35. The van der Waals surface area contributed by atoms with Gasteiger partial charge in [-0.15, -0.1) is 0 Å². The van der Waals surface area contributed by atoms with Gasteiger partial charge in [0.25, 0.3) is 0 Å². The van der Waals surface area contributed by atoms with Crippen molar-refractivity contribution in [1.29, 1.82) is 0 Å². The van der Waals surface area contributed by atoms with E-state index in [1.165, 1.54) is 12.8 Å². The van der Waals surface area contributed by atoms with Crippen LogP contribution >= 0.6 is 0 Å². The fraction of sp³-hybridized carbons (Fsp3) is 1.00. The monoisotopic (exact) mass is 200 g/mol. The van der Waals surface area contributed by atoms with Crippen LogP contribution in [0.25, 0.3) is 0 Å². The first kappa shape index (κ1) is 12.0. The van der Waals surface area contributed by atoms with Gasteiger partial charge in [-0.25, -0.2) is 0 Å². The zero-order valence-electron chi connectivity index (χ0n) is 9.71. The average molecular weight is 200 g/mol. The summed E-state index contributed by atoms with van der Waals surface area (Å²) in [5, 5.41) is 13.0. The third-order valence-electron chi connectivity index (χ3n) is 2.71. The molecule has 3 nitrogen and oxygen atoms in total. The Morgan fingerprint density at radius 2 is 2.21 bits per heavy atom. The predicted molar refractivity (Wildman–Crippen MR) is 59.4 cm³/mol. The molecule has 0 amide bonds.